The molecule has 108 valence electrons. The van der Waals surface area contributed by atoms with E-state index in [1.165, 1.54) is 6.92 Å². The maximum atomic E-state index is 11.8. The molecule has 0 aliphatic carbocycles. The first-order chi connectivity index (χ1) is 9.52. The first-order valence-electron chi connectivity index (χ1n) is 6.13. The van der Waals surface area contributed by atoms with E-state index in [9.17, 15) is 9.59 Å². The molecule has 1 aromatic rings. The molecule has 0 atom stereocenters. The Kier molecular flexibility index (Phi) is 4.65. The van der Waals surface area contributed by atoms with Gasteiger partial charge in [0.15, 0.2) is 0 Å². The van der Waals surface area contributed by atoms with Crippen LogP contribution in [0.3, 0.4) is 0 Å². The van der Waals surface area contributed by atoms with Crippen molar-refractivity contribution in [3.63, 3.8) is 0 Å². The van der Waals surface area contributed by atoms with Gasteiger partial charge in [-0.25, -0.2) is 4.79 Å². The van der Waals surface area contributed by atoms with Gasteiger partial charge in [0.2, 0.25) is 0 Å². The predicted molar refractivity (Wildman–Crippen MR) is 81.4 cm³/mol. The van der Waals surface area contributed by atoms with Crippen LogP contribution in [0.5, 0.6) is 5.75 Å². The van der Waals surface area contributed by atoms with Crippen LogP contribution in [0.25, 0.3) is 0 Å². The lowest BCUT2D eigenvalue weighted by atomic mass is 10.0. The van der Waals surface area contributed by atoms with Crippen molar-refractivity contribution >= 4 is 35.5 Å². The molecule has 0 N–H and O–H groups in total. The molecule has 0 saturated carbocycles. The summed E-state index contributed by atoms with van der Waals surface area (Å²) in [6, 6.07) is 5.17. The van der Waals surface area contributed by atoms with Crippen LogP contribution in [0.1, 0.15) is 29.3 Å². The summed E-state index contributed by atoms with van der Waals surface area (Å²) < 4.78 is 10.2. The largest absolute Gasteiger partial charge is 0.493 e. The SMILES string of the molecule is CSC1(SC)CCOc2ccc(C(=O)OC(C)=O)cc21. The molecule has 1 aromatic carbocycles. The second-order valence-electron chi connectivity index (χ2n) is 4.35. The third kappa shape index (κ3) is 2.81. The van der Waals surface area contributed by atoms with Crippen LogP contribution in [0.2, 0.25) is 0 Å². The molecular weight excluding hydrogens is 296 g/mol. The fraction of sp³-hybridized carbons (Fsp3) is 0.429. The van der Waals surface area contributed by atoms with Gasteiger partial charge in [-0.15, -0.1) is 23.5 Å². The van der Waals surface area contributed by atoms with Gasteiger partial charge in [0.05, 0.1) is 16.2 Å². The summed E-state index contributed by atoms with van der Waals surface area (Å²) in [7, 11) is 0. The van der Waals surface area contributed by atoms with Gasteiger partial charge in [-0.3, -0.25) is 4.79 Å². The normalized spacial score (nSPS) is 15.9. The highest BCUT2D eigenvalue weighted by Crippen LogP contribution is 2.52. The number of thioether (sulfide) groups is 2. The van der Waals surface area contributed by atoms with E-state index in [1.54, 1.807) is 41.7 Å². The van der Waals surface area contributed by atoms with Crippen LogP contribution >= 0.6 is 23.5 Å². The first-order valence-corrected chi connectivity index (χ1v) is 8.58. The van der Waals surface area contributed by atoms with Gasteiger partial charge in [0, 0.05) is 18.9 Å². The number of benzene rings is 1. The number of esters is 2. The van der Waals surface area contributed by atoms with Crippen LogP contribution in [0, 0.1) is 0 Å². The van der Waals surface area contributed by atoms with E-state index < -0.39 is 11.9 Å². The molecule has 0 saturated heterocycles. The third-order valence-electron chi connectivity index (χ3n) is 3.21. The average molecular weight is 312 g/mol. The van der Waals surface area contributed by atoms with Gasteiger partial charge >= 0.3 is 11.9 Å². The minimum absolute atomic E-state index is 0.125. The lowest BCUT2D eigenvalue weighted by Gasteiger charge is -2.36. The van der Waals surface area contributed by atoms with Crippen LogP contribution in [0.4, 0.5) is 0 Å². The maximum absolute atomic E-state index is 11.8. The highest BCUT2D eigenvalue weighted by Gasteiger charge is 2.37. The molecule has 4 nitrogen and oxygen atoms in total. The van der Waals surface area contributed by atoms with Crippen molar-refractivity contribution in [3.8, 4) is 5.75 Å². The second-order valence-corrected chi connectivity index (χ2v) is 6.82. The Morgan fingerprint density at radius 1 is 1.30 bits per heavy atom. The lowest BCUT2D eigenvalue weighted by Crippen LogP contribution is -2.27. The summed E-state index contributed by atoms with van der Waals surface area (Å²) >= 11 is 3.47. The van der Waals surface area contributed by atoms with E-state index in [0.29, 0.717) is 12.2 Å². The Hall–Kier alpha value is -1.14. The molecule has 0 radical (unpaired) electrons. The van der Waals surface area contributed by atoms with Crippen molar-refractivity contribution in [1.29, 1.82) is 0 Å². The zero-order valence-corrected chi connectivity index (χ0v) is 13.2. The summed E-state index contributed by atoms with van der Waals surface area (Å²) in [6.07, 6.45) is 4.96. The zero-order chi connectivity index (χ0) is 14.8. The predicted octanol–water partition coefficient (Wildman–Crippen LogP) is 3.05. The molecule has 0 amide bonds. The molecule has 1 aliphatic heterocycles. The molecule has 0 spiro atoms. The van der Waals surface area contributed by atoms with Gasteiger partial charge in [-0.1, -0.05) is 0 Å². The number of hydrogen-bond acceptors (Lipinski definition) is 6. The quantitative estimate of drug-likeness (QED) is 0.486. The molecule has 6 heteroatoms. The molecule has 0 fully saturated rings. The summed E-state index contributed by atoms with van der Waals surface area (Å²) in [5, 5.41) is 0. The molecule has 0 unspecified atom stereocenters. The van der Waals surface area contributed by atoms with Crippen molar-refractivity contribution in [2.75, 3.05) is 19.1 Å². The van der Waals surface area contributed by atoms with Crippen molar-refractivity contribution in [2.24, 2.45) is 0 Å². The number of carbonyl (C=O) groups is 2. The Bertz CT molecular complexity index is 538. The fourth-order valence-corrected chi connectivity index (χ4v) is 4.21. The van der Waals surface area contributed by atoms with Gasteiger partial charge in [0.1, 0.15) is 5.75 Å². The van der Waals surface area contributed by atoms with Crippen LogP contribution in [0.15, 0.2) is 18.2 Å². The number of hydrogen-bond donors (Lipinski definition) is 0. The van der Waals surface area contributed by atoms with E-state index >= 15 is 0 Å². The number of carbonyl (C=O) groups excluding carboxylic acids is 2. The number of ether oxygens (including phenoxy) is 2. The van der Waals surface area contributed by atoms with Gasteiger partial charge < -0.3 is 9.47 Å². The van der Waals surface area contributed by atoms with Crippen molar-refractivity contribution in [1.82, 2.24) is 0 Å². The van der Waals surface area contributed by atoms with E-state index in [1.807, 2.05) is 12.5 Å². The average Bonchev–Trinajstić information content (AvgIpc) is 2.45. The second kappa shape index (κ2) is 6.10. The highest BCUT2D eigenvalue weighted by atomic mass is 32.2. The highest BCUT2D eigenvalue weighted by molar-refractivity contribution is 8.16. The first kappa shape index (κ1) is 15.3. The molecule has 0 aromatic heterocycles. The maximum Gasteiger partial charge on any atom is 0.345 e. The Morgan fingerprint density at radius 2 is 2.00 bits per heavy atom. The van der Waals surface area contributed by atoms with Gasteiger partial charge in [-0.05, 0) is 30.7 Å². The number of fused-ring (bicyclic) bond motifs is 1. The Labute approximate surface area is 126 Å². The smallest absolute Gasteiger partial charge is 0.345 e. The van der Waals surface area contributed by atoms with Crippen LogP contribution < -0.4 is 4.74 Å². The van der Waals surface area contributed by atoms with Crippen molar-refractivity contribution in [3.05, 3.63) is 29.3 Å². The van der Waals surface area contributed by atoms with Crippen molar-refractivity contribution in [2.45, 2.75) is 17.4 Å². The topological polar surface area (TPSA) is 52.6 Å². The monoisotopic (exact) mass is 312 g/mol. The molecule has 2 rings (SSSR count). The van der Waals surface area contributed by atoms with E-state index in [-0.39, 0.29) is 4.08 Å². The van der Waals surface area contributed by atoms with E-state index in [0.717, 1.165) is 17.7 Å². The standard InChI is InChI=1S/C14H16O4S2/c1-9(15)18-13(16)10-4-5-12-11(8-10)14(19-2,20-3)6-7-17-12/h4-5,8H,6-7H2,1-3H3. The van der Waals surface area contributed by atoms with Gasteiger partial charge in [0.25, 0.3) is 0 Å². The molecule has 1 aliphatic rings. The van der Waals surface area contributed by atoms with E-state index in [2.05, 4.69) is 4.74 Å². The number of rotatable bonds is 3. The van der Waals surface area contributed by atoms with Crippen LogP contribution in [-0.2, 0) is 13.6 Å². The molecule has 20 heavy (non-hydrogen) atoms. The minimum Gasteiger partial charge on any atom is -0.493 e. The Morgan fingerprint density at radius 3 is 2.60 bits per heavy atom. The van der Waals surface area contributed by atoms with Gasteiger partial charge in [-0.2, -0.15) is 0 Å². The minimum atomic E-state index is -0.623. The lowest BCUT2D eigenvalue weighted by molar-refractivity contribution is -0.135. The molecule has 0 bridgehead atoms. The summed E-state index contributed by atoms with van der Waals surface area (Å²) in [5.41, 5.74) is 1.35. The molecular formula is C14H16O4S2. The third-order valence-corrected chi connectivity index (χ3v) is 6.38. The summed E-state index contributed by atoms with van der Waals surface area (Å²) in [6.45, 7) is 1.87. The summed E-state index contributed by atoms with van der Waals surface area (Å²) in [4.78, 5) is 22.7. The Balaban J connectivity index is 2.42. The molecule has 1 heterocycles. The van der Waals surface area contributed by atoms with Crippen molar-refractivity contribution < 1.29 is 19.1 Å². The zero-order valence-electron chi connectivity index (χ0n) is 11.6. The summed E-state index contributed by atoms with van der Waals surface area (Å²) in [5.74, 6) is -0.439. The fourth-order valence-electron chi connectivity index (χ4n) is 2.21. The van der Waals surface area contributed by atoms with E-state index in [4.69, 9.17) is 4.74 Å². The van der Waals surface area contributed by atoms with Crippen LogP contribution in [-0.4, -0.2) is 31.1 Å².